The summed E-state index contributed by atoms with van der Waals surface area (Å²) < 4.78 is 12.9. The lowest BCUT2D eigenvalue weighted by Gasteiger charge is -2.29. The molecule has 0 saturated carbocycles. The van der Waals surface area contributed by atoms with E-state index in [1.54, 1.807) is 6.07 Å². The molecule has 2 aromatic rings. The van der Waals surface area contributed by atoms with Crippen molar-refractivity contribution in [3.8, 4) is 0 Å². The van der Waals surface area contributed by atoms with Gasteiger partial charge in [0.05, 0.1) is 5.54 Å². The smallest absolute Gasteiger partial charge is 0.212 e. The fourth-order valence-corrected chi connectivity index (χ4v) is 1.89. The van der Waals surface area contributed by atoms with Crippen LogP contribution in [0.25, 0.3) is 0 Å². The zero-order valence-corrected chi connectivity index (χ0v) is 10.2. The van der Waals surface area contributed by atoms with Gasteiger partial charge in [-0.1, -0.05) is 35.9 Å². The minimum absolute atomic E-state index is 0.226. The van der Waals surface area contributed by atoms with Crippen molar-refractivity contribution >= 4 is 0 Å². The Labute approximate surface area is 106 Å². The molecule has 0 fully saturated rings. The molecule has 1 atom stereocenters. The molecule has 0 aliphatic rings. The van der Waals surface area contributed by atoms with Gasteiger partial charge >= 0.3 is 0 Å². The minimum atomic E-state index is -0.839. The van der Waals surface area contributed by atoms with E-state index in [-0.39, 0.29) is 6.54 Å². The van der Waals surface area contributed by atoms with Gasteiger partial charge in [-0.3, -0.25) is 0 Å². The number of rotatable bonds is 3. The van der Waals surface area contributed by atoms with Crippen LogP contribution in [0.2, 0.25) is 0 Å². The van der Waals surface area contributed by atoms with Crippen LogP contribution in [0.1, 0.15) is 16.7 Å². The number of aryl methyl sites for hydroxylation is 1. The predicted molar refractivity (Wildman–Crippen MR) is 69.4 cm³/mol. The molecule has 0 amide bonds. The predicted octanol–water partition coefficient (Wildman–Crippen LogP) is 1.69. The van der Waals surface area contributed by atoms with Gasteiger partial charge in [-0.2, -0.15) is 4.39 Å². The maximum Gasteiger partial charge on any atom is 0.212 e. The number of benzene rings is 1. The highest BCUT2D eigenvalue weighted by molar-refractivity contribution is 5.38. The number of hydrogen-bond acceptors (Lipinski definition) is 3. The monoisotopic (exact) mass is 245 g/mol. The second kappa shape index (κ2) is 4.84. The molecule has 0 radical (unpaired) electrons. The maximum atomic E-state index is 12.9. The summed E-state index contributed by atoms with van der Waals surface area (Å²) in [5, 5.41) is 0. The number of pyridine rings is 1. The number of nitrogens with zero attached hydrogens (tertiary/aromatic N) is 1. The molecule has 1 aromatic carbocycles. The summed E-state index contributed by atoms with van der Waals surface area (Å²) >= 11 is 0. The molecule has 1 unspecified atom stereocenters. The van der Waals surface area contributed by atoms with Crippen LogP contribution in [0.3, 0.4) is 0 Å². The Bertz CT molecular complexity index is 474. The summed E-state index contributed by atoms with van der Waals surface area (Å²) in [4.78, 5) is 3.63. The summed E-state index contributed by atoms with van der Waals surface area (Å²) in [5.41, 5.74) is 14.1. The van der Waals surface area contributed by atoms with Gasteiger partial charge in [0, 0.05) is 12.7 Å². The summed E-state index contributed by atoms with van der Waals surface area (Å²) in [5.74, 6) is -0.526. The highest BCUT2D eigenvalue weighted by atomic mass is 19.1. The Balaban J connectivity index is 2.47. The normalized spacial score (nSPS) is 14.2. The van der Waals surface area contributed by atoms with Crippen molar-refractivity contribution in [1.29, 1.82) is 0 Å². The van der Waals surface area contributed by atoms with Gasteiger partial charge in [0.1, 0.15) is 0 Å². The van der Waals surface area contributed by atoms with Crippen molar-refractivity contribution in [3.63, 3.8) is 0 Å². The molecule has 18 heavy (non-hydrogen) atoms. The molecule has 94 valence electrons. The van der Waals surface area contributed by atoms with Gasteiger partial charge in [0.2, 0.25) is 5.95 Å². The SMILES string of the molecule is Cc1ccc(C(N)(CN)c2ccc(F)nc2)cc1. The van der Waals surface area contributed by atoms with Gasteiger partial charge in [0.25, 0.3) is 0 Å². The summed E-state index contributed by atoms with van der Waals surface area (Å²) in [6.07, 6.45) is 1.43. The fourth-order valence-electron chi connectivity index (χ4n) is 1.89. The van der Waals surface area contributed by atoms with E-state index in [1.807, 2.05) is 31.2 Å². The van der Waals surface area contributed by atoms with E-state index in [2.05, 4.69) is 4.98 Å². The molecule has 4 heteroatoms. The van der Waals surface area contributed by atoms with Crippen molar-refractivity contribution < 1.29 is 4.39 Å². The molecule has 0 spiro atoms. The van der Waals surface area contributed by atoms with Crippen LogP contribution in [0.15, 0.2) is 42.6 Å². The number of hydrogen-bond donors (Lipinski definition) is 2. The molecule has 0 saturated heterocycles. The summed E-state index contributed by atoms with van der Waals surface area (Å²) in [6, 6.07) is 10.7. The van der Waals surface area contributed by atoms with Crippen molar-refractivity contribution in [2.45, 2.75) is 12.5 Å². The average Bonchev–Trinajstić information content (AvgIpc) is 2.39. The van der Waals surface area contributed by atoms with E-state index in [0.717, 1.165) is 11.1 Å². The molecule has 0 aliphatic carbocycles. The first-order chi connectivity index (χ1) is 8.56. The molecular formula is C14H16FN3. The first kappa shape index (κ1) is 12.7. The topological polar surface area (TPSA) is 64.9 Å². The van der Waals surface area contributed by atoms with Crippen LogP contribution in [-0.4, -0.2) is 11.5 Å². The Morgan fingerprint density at radius 3 is 2.22 bits per heavy atom. The van der Waals surface area contributed by atoms with Crippen molar-refractivity contribution in [2.24, 2.45) is 11.5 Å². The second-order valence-corrected chi connectivity index (χ2v) is 4.41. The van der Waals surface area contributed by atoms with E-state index in [1.165, 1.54) is 12.3 Å². The van der Waals surface area contributed by atoms with Gasteiger partial charge < -0.3 is 11.5 Å². The molecule has 3 nitrogen and oxygen atoms in total. The van der Waals surface area contributed by atoms with E-state index in [0.29, 0.717) is 5.56 Å². The standard InChI is InChI=1S/C14H16FN3/c1-10-2-4-11(5-3-10)14(17,9-16)12-6-7-13(15)18-8-12/h2-8H,9,16-17H2,1H3. The van der Waals surface area contributed by atoms with Crippen molar-refractivity contribution in [1.82, 2.24) is 4.98 Å². The zero-order valence-electron chi connectivity index (χ0n) is 10.2. The molecular weight excluding hydrogens is 229 g/mol. The number of halogens is 1. The first-order valence-corrected chi connectivity index (χ1v) is 5.74. The van der Waals surface area contributed by atoms with Crippen LogP contribution in [0.4, 0.5) is 4.39 Å². The van der Waals surface area contributed by atoms with Crippen molar-refractivity contribution in [2.75, 3.05) is 6.54 Å². The summed E-state index contributed by atoms with van der Waals surface area (Å²) in [6.45, 7) is 2.23. The molecule has 0 bridgehead atoms. The largest absolute Gasteiger partial charge is 0.328 e. The quantitative estimate of drug-likeness (QED) is 0.809. The Kier molecular flexibility index (Phi) is 3.41. The highest BCUT2D eigenvalue weighted by Gasteiger charge is 2.28. The molecule has 4 N–H and O–H groups in total. The maximum absolute atomic E-state index is 12.9. The van der Waals surface area contributed by atoms with E-state index >= 15 is 0 Å². The van der Waals surface area contributed by atoms with E-state index in [9.17, 15) is 4.39 Å². The Hall–Kier alpha value is -1.78. The third-order valence-electron chi connectivity index (χ3n) is 3.13. The molecule has 0 aliphatic heterocycles. The third-order valence-corrected chi connectivity index (χ3v) is 3.13. The number of nitrogens with two attached hydrogens (primary N) is 2. The van der Waals surface area contributed by atoms with Gasteiger partial charge in [-0.15, -0.1) is 0 Å². The average molecular weight is 245 g/mol. The van der Waals surface area contributed by atoms with Gasteiger partial charge in [0.15, 0.2) is 0 Å². The Morgan fingerprint density at radius 2 is 1.72 bits per heavy atom. The van der Waals surface area contributed by atoms with E-state index < -0.39 is 11.5 Å². The van der Waals surface area contributed by atoms with Gasteiger partial charge in [-0.05, 0) is 24.1 Å². The van der Waals surface area contributed by atoms with E-state index in [4.69, 9.17) is 11.5 Å². The Morgan fingerprint density at radius 1 is 1.11 bits per heavy atom. The lowest BCUT2D eigenvalue weighted by molar-refractivity contribution is 0.537. The molecule has 1 aromatic heterocycles. The van der Waals surface area contributed by atoms with Crippen LogP contribution in [0, 0.1) is 12.9 Å². The van der Waals surface area contributed by atoms with Crippen LogP contribution in [-0.2, 0) is 5.54 Å². The highest BCUT2D eigenvalue weighted by Crippen LogP contribution is 2.25. The number of aromatic nitrogens is 1. The second-order valence-electron chi connectivity index (χ2n) is 4.41. The third kappa shape index (κ3) is 2.25. The van der Waals surface area contributed by atoms with Crippen LogP contribution >= 0.6 is 0 Å². The fraction of sp³-hybridized carbons (Fsp3) is 0.214. The molecule has 1 heterocycles. The zero-order chi connectivity index (χ0) is 13.2. The lowest BCUT2D eigenvalue weighted by atomic mass is 9.84. The minimum Gasteiger partial charge on any atom is -0.328 e. The summed E-state index contributed by atoms with van der Waals surface area (Å²) in [7, 11) is 0. The molecule has 2 rings (SSSR count). The lowest BCUT2D eigenvalue weighted by Crippen LogP contribution is -2.45. The first-order valence-electron chi connectivity index (χ1n) is 5.74. The van der Waals surface area contributed by atoms with Crippen LogP contribution in [0.5, 0.6) is 0 Å². The van der Waals surface area contributed by atoms with Crippen LogP contribution < -0.4 is 11.5 Å². The van der Waals surface area contributed by atoms with Crippen molar-refractivity contribution in [3.05, 3.63) is 65.2 Å². The van der Waals surface area contributed by atoms with Gasteiger partial charge in [-0.25, -0.2) is 4.98 Å².